The summed E-state index contributed by atoms with van der Waals surface area (Å²) in [6.07, 6.45) is 7.31. The minimum absolute atomic E-state index is 0.996. The summed E-state index contributed by atoms with van der Waals surface area (Å²) < 4.78 is 0. The van der Waals surface area contributed by atoms with Crippen LogP contribution in [0.5, 0.6) is 0 Å². The number of hydrogen-bond donors (Lipinski definition) is 0. The molecule has 0 aromatic rings. The van der Waals surface area contributed by atoms with Crippen LogP contribution < -0.4 is 0 Å². The van der Waals surface area contributed by atoms with Crippen molar-refractivity contribution in [2.45, 2.75) is 80.6 Å². The molecule has 2 atom stereocenters. The Hall–Kier alpha value is 0. The van der Waals surface area contributed by atoms with Crippen molar-refractivity contribution in [3.05, 3.63) is 0 Å². The highest BCUT2D eigenvalue weighted by Gasteiger charge is 2.22. The summed E-state index contributed by atoms with van der Waals surface area (Å²) in [5.74, 6) is 3.05. The third kappa shape index (κ3) is 8.96. The maximum absolute atomic E-state index is 2.42. The van der Waals surface area contributed by atoms with Gasteiger partial charge in [-0.2, -0.15) is 0 Å². The van der Waals surface area contributed by atoms with Crippen molar-refractivity contribution >= 4 is 0 Å². The van der Waals surface area contributed by atoms with Gasteiger partial charge >= 0.3 is 0 Å². The molecule has 1 fully saturated rings. The first-order chi connectivity index (χ1) is 7.22. The van der Waals surface area contributed by atoms with Gasteiger partial charge in [0.2, 0.25) is 0 Å². The fourth-order valence-corrected chi connectivity index (χ4v) is 2.76. The van der Waals surface area contributed by atoms with E-state index < -0.39 is 0 Å². The molecule has 0 saturated heterocycles. The average Bonchev–Trinajstić information content (AvgIpc) is 2.23. The first-order valence-corrected chi connectivity index (χ1v) is 7.22. The third-order valence-corrected chi connectivity index (χ3v) is 2.97. The van der Waals surface area contributed by atoms with E-state index in [1.165, 1.54) is 32.1 Å². The van der Waals surface area contributed by atoms with Crippen LogP contribution in [0.3, 0.4) is 0 Å². The van der Waals surface area contributed by atoms with Gasteiger partial charge < -0.3 is 0 Å². The summed E-state index contributed by atoms with van der Waals surface area (Å²) >= 11 is 0. The lowest BCUT2D eigenvalue weighted by Gasteiger charge is -2.31. The molecule has 0 bridgehead atoms. The second-order valence-corrected chi connectivity index (χ2v) is 4.57. The summed E-state index contributed by atoms with van der Waals surface area (Å²) in [5.41, 5.74) is 0. The van der Waals surface area contributed by atoms with E-state index in [0.29, 0.717) is 0 Å². The molecule has 1 aliphatic rings. The van der Waals surface area contributed by atoms with Gasteiger partial charge in [0.05, 0.1) is 0 Å². The van der Waals surface area contributed by atoms with Crippen LogP contribution in [0.4, 0.5) is 0 Å². The van der Waals surface area contributed by atoms with Crippen LogP contribution in [-0.2, 0) is 0 Å². The Balaban J connectivity index is 0. The molecule has 0 nitrogen and oxygen atoms in total. The third-order valence-electron chi connectivity index (χ3n) is 2.97. The predicted molar refractivity (Wildman–Crippen MR) is 73.3 cm³/mol. The molecule has 2 unspecified atom stereocenters. The molecule has 0 spiro atoms. The molecule has 0 heteroatoms. The topological polar surface area (TPSA) is 0 Å². The van der Waals surface area contributed by atoms with Crippen LogP contribution in [0.2, 0.25) is 0 Å². The fourth-order valence-electron chi connectivity index (χ4n) is 2.76. The molecule has 0 radical (unpaired) electrons. The van der Waals surface area contributed by atoms with Crippen LogP contribution in [-0.4, -0.2) is 0 Å². The van der Waals surface area contributed by atoms with Gasteiger partial charge in [0.25, 0.3) is 0 Å². The SMILES string of the molecule is CC.CC.CCCC1CC(C)CC(C)C1. The summed E-state index contributed by atoms with van der Waals surface area (Å²) in [6.45, 7) is 15.1. The Kier molecular flexibility index (Phi) is 14.0. The Morgan fingerprint density at radius 2 is 1.20 bits per heavy atom. The zero-order valence-electron chi connectivity index (χ0n) is 12.3. The van der Waals surface area contributed by atoms with E-state index in [9.17, 15) is 0 Å². The summed E-state index contributed by atoms with van der Waals surface area (Å²) in [7, 11) is 0. The monoisotopic (exact) mass is 214 g/mol. The fraction of sp³-hybridized carbons (Fsp3) is 1.00. The second kappa shape index (κ2) is 12.1. The minimum Gasteiger partial charge on any atom is -0.0683 e. The highest BCUT2D eigenvalue weighted by Crippen LogP contribution is 2.34. The molecule has 1 saturated carbocycles. The van der Waals surface area contributed by atoms with Gasteiger partial charge in [0.1, 0.15) is 0 Å². The van der Waals surface area contributed by atoms with Gasteiger partial charge in [-0.3, -0.25) is 0 Å². The lowest BCUT2D eigenvalue weighted by atomic mass is 9.75. The molecule has 0 amide bonds. The van der Waals surface area contributed by atoms with Crippen molar-refractivity contribution in [3.63, 3.8) is 0 Å². The van der Waals surface area contributed by atoms with Crippen molar-refractivity contribution in [2.24, 2.45) is 17.8 Å². The Morgan fingerprint density at radius 3 is 1.53 bits per heavy atom. The summed E-state index contributed by atoms with van der Waals surface area (Å²) in [5, 5.41) is 0. The molecular formula is C15H34. The van der Waals surface area contributed by atoms with Crippen molar-refractivity contribution < 1.29 is 0 Å². The van der Waals surface area contributed by atoms with Crippen LogP contribution in [0.1, 0.15) is 80.6 Å². The van der Waals surface area contributed by atoms with Gasteiger partial charge in [-0.15, -0.1) is 0 Å². The largest absolute Gasteiger partial charge is 0.0683 e. The quantitative estimate of drug-likeness (QED) is 0.536. The molecule has 94 valence electrons. The van der Waals surface area contributed by atoms with Gasteiger partial charge in [0, 0.05) is 0 Å². The zero-order valence-corrected chi connectivity index (χ0v) is 12.3. The summed E-state index contributed by atoms with van der Waals surface area (Å²) in [4.78, 5) is 0. The summed E-state index contributed by atoms with van der Waals surface area (Å²) in [6, 6.07) is 0. The van der Waals surface area contributed by atoms with E-state index >= 15 is 0 Å². The predicted octanol–water partition coefficient (Wildman–Crippen LogP) is 5.91. The van der Waals surface area contributed by atoms with E-state index in [2.05, 4.69) is 20.8 Å². The Bertz CT molecular complexity index is 96.6. The van der Waals surface area contributed by atoms with E-state index in [1.54, 1.807) is 0 Å². The van der Waals surface area contributed by atoms with Gasteiger partial charge in [0.15, 0.2) is 0 Å². The molecular weight excluding hydrogens is 180 g/mol. The van der Waals surface area contributed by atoms with Gasteiger partial charge in [-0.1, -0.05) is 61.3 Å². The van der Waals surface area contributed by atoms with Crippen molar-refractivity contribution in [1.29, 1.82) is 0 Å². The maximum Gasteiger partial charge on any atom is -0.0409 e. The molecule has 1 rings (SSSR count). The molecule has 15 heavy (non-hydrogen) atoms. The van der Waals surface area contributed by atoms with Gasteiger partial charge in [-0.25, -0.2) is 0 Å². The van der Waals surface area contributed by atoms with E-state index in [-0.39, 0.29) is 0 Å². The standard InChI is InChI=1S/C11H22.2C2H6/c1-4-5-11-7-9(2)6-10(3)8-11;2*1-2/h9-11H,4-8H2,1-3H3;2*1-2H3. The highest BCUT2D eigenvalue weighted by atomic mass is 14.3. The Morgan fingerprint density at radius 1 is 0.800 bits per heavy atom. The maximum atomic E-state index is 2.42. The highest BCUT2D eigenvalue weighted by molar-refractivity contribution is 4.74. The molecule has 0 N–H and O–H groups in total. The minimum atomic E-state index is 0.996. The lowest BCUT2D eigenvalue weighted by Crippen LogP contribution is -2.19. The smallest absolute Gasteiger partial charge is 0.0409 e. The van der Waals surface area contributed by atoms with Crippen LogP contribution in [0.25, 0.3) is 0 Å². The van der Waals surface area contributed by atoms with Crippen LogP contribution >= 0.6 is 0 Å². The van der Waals surface area contributed by atoms with Crippen LogP contribution in [0, 0.1) is 17.8 Å². The normalized spacial score (nSPS) is 29.4. The first-order valence-electron chi connectivity index (χ1n) is 7.22. The van der Waals surface area contributed by atoms with E-state index in [4.69, 9.17) is 0 Å². The average molecular weight is 214 g/mol. The van der Waals surface area contributed by atoms with Crippen molar-refractivity contribution in [1.82, 2.24) is 0 Å². The molecule has 1 aliphatic carbocycles. The van der Waals surface area contributed by atoms with E-state index in [1.807, 2.05) is 27.7 Å². The molecule has 0 aliphatic heterocycles. The molecule has 0 heterocycles. The first kappa shape index (κ1) is 17.4. The lowest BCUT2D eigenvalue weighted by molar-refractivity contribution is 0.209. The van der Waals surface area contributed by atoms with Gasteiger partial charge in [-0.05, 0) is 37.0 Å². The molecule has 0 aromatic carbocycles. The number of rotatable bonds is 2. The van der Waals surface area contributed by atoms with Crippen molar-refractivity contribution in [2.75, 3.05) is 0 Å². The Labute approximate surface area is 98.9 Å². The van der Waals surface area contributed by atoms with Crippen LogP contribution in [0.15, 0.2) is 0 Å². The zero-order chi connectivity index (χ0) is 12.3. The second-order valence-electron chi connectivity index (χ2n) is 4.57. The molecule has 0 aromatic heterocycles. The van der Waals surface area contributed by atoms with E-state index in [0.717, 1.165) is 17.8 Å². The van der Waals surface area contributed by atoms with Crippen molar-refractivity contribution in [3.8, 4) is 0 Å². The number of hydrogen-bond acceptors (Lipinski definition) is 0.